The molecule has 100 valence electrons. The van der Waals surface area contributed by atoms with Gasteiger partial charge in [-0.2, -0.15) is 0 Å². The van der Waals surface area contributed by atoms with Crippen molar-refractivity contribution in [3.63, 3.8) is 0 Å². The Balaban J connectivity index is 1.95. The molecule has 1 aliphatic heterocycles. The summed E-state index contributed by atoms with van der Waals surface area (Å²) < 4.78 is 5.69. The van der Waals surface area contributed by atoms with Crippen molar-refractivity contribution < 1.29 is 9.84 Å². The maximum Gasteiger partial charge on any atom is 0.0726 e. The van der Waals surface area contributed by atoms with Gasteiger partial charge in [0.1, 0.15) is 0 Å². The number of benzene rings is 1. The first-order valence-electron chi connectivity index (χ1n) is 6.78. The van der Waals surface area contributed by atoms with Crippen LogP contribution in [0, 0.1) is 0 Å². The number of hydrogen-bond donors (Lipinski definition) is 2. The van der Waals surface area contributed by atoms with Crippen LogP contribution in [0.5, 0.6) is 0 Å². The number of rotatable bonds is 5. The summed E-state index contributed by atoms with van der Waals surface area (Å²) >= 11 is 0. The summed E-state index contributed by atoms with van der Waals surface area (Å²) in [4.78, 5) is 0. The van der Waals surface area contributed by atoms with Gasteiger partial charge >= 0.3 is 0 Å². The van der Waals surface area contributed by atoms with Gasteiger partial charge in [-0.3, -0.25) is 0 Å². The van der Waals surface area contributed by atoms with Crippen LogP contribution in [0.3, 0.4) is 0 Å². The molecule has 3 nitrogen and oxygen atoms in total. The zero-order valence-corrected chi connectivity index (χ0v) is 11.2. The highest BCUT2D eigenvalue weighted by atomic mass is 16.5. The van der Waals surface area contributed by atoms with Crippen LogP contribution in [0.2, 0.25) is 0 Å². The quantitative estimate of drug-likeness (QED) is 0.842. The van der Waals surface area contributed by atoms with Gasteiger partial charge in [0.05, 0.1) is 12.7 Å². The van der Waals surface area contributed by atoms with Crippen molar-refractivity contribution in [3.05, 3.63) is 35.4 Å². The summed E-state index contributed by atoms with van der Waals surface area (Å²) in [6.07, 6.45) is 2.66. The highest BCUT2D eigenvalue weighted by Gasteiger charge is 2.23. The molecule has 0 saturated carbocycles. The first-order valence-corrected chi connectivity index (χ1v) is 6.78. The molecule has 1 aromatic rings. The van der Waals surface area contributed by atoms with Crippen molar-refractivity contribution in [2.75, 3.05) is 6.61 Å². The Bertz CT molecular complexity index is 375. The maximum atomic E-state index is 9.16. The lowest BCUT2D eigenvalue weighted by atomic mass is 10.0. The van der Waals surface area contributed by atoms with Crippen molar-refractivity contribution in [1.29, 1.82) is 0 Å². The second-order valence-electron chi connectivity index (χ2n) is 5.13. The second kappa shape index (κ2) is 6.32. The lowest BCUT2D eigenvalue weighted by molar-refractivity contribution is 0.0804. The standard InChI is InChI=1S/C15H23NO2/c1-11(14-6-3-5-13(9-14)10-17)16-12(2)15-7-4-8-18-15/h3,5-6,9,11-12,15-17H,4,7-8,10H2,1-2H3. The predicted molar refractivity (Wildman–Crippen MR) is 72.4 cm³/mol. The Hall–Kier alpha value is -0.900. The zero-order valence-electron chi connectivity index (χ0n) is 11.2. The Morgan fingerprint density at radius 3 is 2.94 bits per heavy atom. The fraction of sp³-hybridized carbons (Fsp3) is 0.600. The van der Waals surface area contributed by atoms with E-state index in [2.05, 4.69) is 31.3 Å². The van der Waals surface area contributed by atoms with E-state index in [0.29, 0.717) is 12.1 Å². The van der Waals surface area contributed by atoms with Crippen LogP contribution < -0.4 is 5.32 Å². The highest BCUT2D eigenvalue weighted by molar-refractivity contribution is 5.25. The summed E-state index contributed by atoms with van der Waals surface area (Å²) in [5.41, 5.74) is 2.18. The lowest BCUT2D eigenvalue weighted by Gasteiger charge is -2.25. The van der Waals surface area contributed by atoms with Gasteiger partial charge in [0.15, 0.2) is 0 Å². The van der Waals surface area contributed by atoms with Crippen LogP contribution in [0.15, 0.2) is 24.3 Å². The van der Waals surface area contributed by atoms with E-state index in [4.69, 9.17) is 9.84 Å². The van der Waals surface area contributed by atoms with E-state index >= 15 is 0 Å². The molecule has 2 rings (SSSR count). The van der Waals surface area contributed by atoms with Gasteiger partial charge in [-0.25, -0.2) is 0 Å². The Morgan fingerprint density at radius 2 is 2.28 bits per heavy atom. The molecule has 0 aliphatic carbocycles. The third-order valence-corrected chi connectivity index (χ3v) is 3.67. The average molecular weight is 249 g/mol. The molecule has 0 aromatic heterocycles. The molecule has 0 radical (unpaired) electrons. The largest absolute Gasteiger partial charge is 0.392 e. The van der Waals surface area contributed by atoms with Gasteiger partial charge in [0.2, 0.25) is 0 Å². The number of hydrogen-bond acceptors (Lipinski definition) is 3. The molecule has 1 saturated heterocycles. The number of aliphatic hydroxyl groups is 1. The minimum atomic E-state index is 0.0991. The zero-order chi connectivity index (χ0) is 13.0. The van der Waals surface area contributed by atoms with E-state index in [1.807, 2.05) is 12.1 Å². The normalized spacial score (nSPS) is 22.9. The number of nitrogens with one attached hydrogen (secondary N) is 1. The summed E-state index contributed by atoms with van der Waals surface area (Å²) in [6, 6.07) is 8.73. The molecule has 1 aliphatic rings. The Labute approximate surface area is 109 Å². The fourth-order valence-electron chi connectivity index (χ4n) is 2.56. The molecule has 18 heavy (non-hydrogen) atoms. The van der Waals surface area contributed by atoms with Crippen molar-refractivity contribution in [2.45, 2.75) is 51.5 Å². The molecule has 0 bridgehead atoms. The van der Waals surface area contributed by atoms with Crippen LogP contribution in [0.4, 0.5) is 0 Å². The van der Waals surface area contributed by atoms with Crippen LogP contribution in [0.25, 0.3) is 0 Å². The van der Waals surface area contributed by atoms with Gasteiger partial charge in [0, 0.05) is 18.7 Å². The van der Waals surface area contributed by atoms with Gasteiger partial charge < -0.3 is 15.2 Å². The van der Waals surface area contributed by atoms with Crippen molar-refractivity contribution in [3.8, 4) is 0 Å². The minimum Gasteiger partial charge on any atom is -0.392 e. The molecule has 2 N–H and O–H groups in total. The monoisotopic (exact) mass is 249 g/mol. The van der Waals surface area contributed by atoms with Crippen LogP contribution >= 0.6 is 0 Å². The van der Waals surface area contributed by atoms with Crippen LogP contribution in [-0.4, -0.2) is 23.9 Å². The Morgan fingerprint density at radius 1 is 1.44 bits per heavy atom. The molecular formula is C15H23NO2. The van der Waals surface area contributed by atoms with Gasteiger partial charge in [-0.1, -0.05) is 24.3 Å². The van der Waals surface area contributed by atoms with Gasteiger partial charge in [0.25, 0.3) is 0 Å². The van der Waals surface area contributed by atoms with Crippen molar-refractivity contribution in [1.82, 2.24) is 5.32 Å². The van der Waals surface area contributed by atoms with E-state index in [1.54, 1.807) is 0 Å². The molecule has 3 unspecified atom stereocenters. The first-order chi connectivity index (χ1) is 8.70. The van der Waals surface area contributed by atoms with E-state index in [-0.39, 0.29) is 12.6 Å². The topological polar surface area (TPSA) is 41.5 Å². The third-order valence-electron chi connectivity index (χ3n) is 3.67. The molecule has 3 atom stereocenters. The van der Waals surface area contributed by atoms with E-state index in [9.17, 15) is 0 Å². The Kier molecular flexibility index (Phi) is 4.75. The fourth-order valence-corrected chi connectivity index (χ4v) is 2.56. The minimum absolute atomic E-state index is 0.0991. The van der Waals surface area contributed by atoms with E-state index in [0.717, 1.165) is 18.6 Å². The van der Waals surface area contributed by atoms with Crippen molar-refractivity contribution in [2.24, 2.45) is 0 Å². The summed E-state index contributed by atoms with van der Waals surface area (Å²) in [7, 11) is 0. The molecule has 0 spiro atoms. The third kappa shape index (κ3) is 3.31. The van der Waals surface area contributed by atoms with Crippen LogP contribution in [0.1, 0.15) is 43.9 Å². The summed E-state index contributed by atoms with van der Waals surface area (Å²) in [6.45, 7) is 5.33. The first kappa shape index (κ1) is 13.5. The van der Waals surface area contributed by atoms with Gasteiger partial charge in [-0.05, 0) is 37.8 Å². The van der Waals surface area contributed by atoms with Gasteiger partial charge in [-0.15, -0.1) is 0 Å². The number of aliphatic hydroxyl groups excluding tert-OH is 1. The second-order valence-corrected chi connectivity index (χ2v) is 5.13. The molecule has 1 aromatic carbocycles. The smallest absolute Gasteiger partial charge is 0.0726 e. The average Bonchev–Trinajstić information content (AvgIpc) is 2.92. The van der Waals surface area contributed by atoms with E-state index in [1.165, 1.54) is 12.0 Å². The van der Waals surface area contributed by atoms with Crippen LogP contribution in [-0.2, 0) is 11.3 Å². The number of ether oxygens (including phenoxy) is 1. The van der Waals surface area contributed by atoms with E-state index < -0.39 is 0 Å². The molecule has 3 heteroatoms. The summed E-state index contributed by atoms with van der Waals surface area (Å²) in [5.74, 6) is 0. The molecule has 0 amide bonds. The predicted octanol–water partition coefficient (Wildman–Crippen LogP) is 2.40. The SMILES string of the molecule is CC(NC(C)C1CCCO1)c1cccc(CO)c1. The highest BCUT2D eigenvalue weighted by Crippen LogP contribution is 2.20. The van der Waals surface area contributed by atoms with Crippen molar-refractivity contribution >= 4 is 0 Å². The molecule has 1 fully saturated rings. The molecule has 1 heterocycles. The lowest BCUT2D eigenvalue weighted by Crippen LogP contribution is -2.38. The summed E-state index contributed by atoms with van der Waals surface area (Å²) in [5, 5.41) is 12.7. The maximum absolute atomic E-state index is 9.16. The molecular weight excluding hydrogens is 226 g/mol.